The molecule has 0 unspecified atom stereocenters. The SMILES string of the molecule is COc1cc(C2=NNC(=O)CS2)cc(OC)c1OC. The largest absolute Gasteiger partial charge is 0.493 e. The van der Waals surface area contributed by atoms with Gasteiger partial charge in [0.1, 0.15) is 5.04 Å². The topological polar surface area (TPSA) is 69.2 Å². The van der Waals surface area contributed by atoms with Crippen molar-refractivity contribution < 1.29 is 19.0 Å². The van der Waals surface area contributed by atoms with Gasteiger partial charge in [-0.25, -0.2) is 5.43 Å². The van der Waals surface area contributed by atoms with Crippen LogP contribution in [0.25, 0.3) is 0 Å². The third-order valence-corrected chi connectivity index (χ3v) is 3.54. The first-order chi connectivity index (χ1) is 9.19. The van der Waals surface area contributed by atoms with Gasteiger partial charge >= 0.3 is 0 Å². The fraction of sp³-hybridized carbons (Fsp3) is 0.333. The van der Waals surface area contributed by atoms with E-state index in [0.717, 1.165) is 5.56 Å². The van der Waals surface area contributed by atoms with Crippen molar-refractivity contribution in [3.05, 3.63) is 17.7 Å². The third kappa shape index (κ3) is 2.76. The quantitative estimate of drug-likeness (QED) is 0.899. The van der Waals surface area contributed by atoms with Crippen molar-refractivity contribution in [3.63, 3.8) is 0 Å². The van der Waals surface area contributed by atoms with Crippen molar-refractivity contribution in [2.24, 2.45) is 5.10 Å². The predicted molar refractivity (Wildman–Crippen MR) is 73.2 cm³/mol. The van der Waals surface area contributed by atoms with Gasteiger partial charge in [0.2, 0.25) is 5.75 Å². The summed E-state index contributed by atoms with van der Waals surface area (Å²) < 4.78 is 15.8. The Balaban J connectivity index is 2.44. The molecule has 0 aromatic heterocycles. The van der Waals surface area contributed by atoms with Gasteiger partial charge in [0.25, 0.3) is 5.91 Å². The molecule has 0 saturated heterocycles. The predicted octanol–water partition coefficient (Wildman–Crippen LogP) is 1.24. The molecule has 0 spiro atoms. The van der Waals surface area contributed by atoms with Gasteiger partial charge in [-0.15, -0.1) is 0 Å². The first-order valence-electron chi connectivity index (χ1n) is 5.49. The Bertz CT molecular complexity index is 505. The number of amides is 1. The smallest absolute Gasteiger partial charge is 0.250 e. The number of benzene rings is 1. The second kappa shape index (κ2) is 5.83. The highest BCUT2D eigenvalue weighted by Crippen LogP contribution is 2.39. The minimum absolute atomic E-state index is 0.110. The molecular formula is C12H14N2O4S. The first-order valence-corrected chi connectivity index (χ1v) is 6.48. The maximum atomic E-state index is 11.1. The molecule has 1 N–H and O–H groups in total. The molecule has 0 atom stereocenters. The first kappa shape index (κ1) is 13.5. The third-order valence-electron chi connectivity index (χ3n) is 2.53. The van der Waals surface area contributed by atoms with E-state index in [2.05, 4.69) is 10.5 Å². The molecule has 2 rings (SSSR count). The van der Waals surface area contributed by atoms with Crippen LogP contribution in [0.5, 0.6) is 17.2 Å². The van der Waals surface area contributed by atoms with E-state index in [0.29, 0.717) is 28.0 Å². The second-order valence-corrected chi connectivity index (χ2v) is 4.62. The van der Waals surface area contributed by atoms with Crippen LogP contribution in [-0.2, 0) is 4.79 Å². The zero-order chi connectivity index (χ0) is 13.8. The molecule has 0 saturated carbocycles. The zero-order valence-corrected chi connectivity index (χ0v) is 11.7. The molecule has 1 aromatic rings. The highest BCUT2D eigenvalue weighted by Gasteiger charge is 2.19. The van der Waals surface area contributed by atoms with Crippen molar-refractivity contribution in [2.75, 3.05) is 27.1 Å². The molecule has 1 amide bonds. The fourth-order valence-corrected chi connectivity index (χ4v) is 2.39. The number of carbonyl (C=O) groups is 1. The Morgan fingerprint density at radius 2 is 1.79 bits per heavy atom. The Morgan fingerprint density at radius 3 is 2.21 bits per heavy atom. The van der Waals surface area contributed by atoms with Gasteiger partial charge in [-0.3, -0.25) is 4.79 Å². The highest BCUT2D eigenvalue weighted by atomic mass is 32.2. The zero-order valence-electron chi connectivity index (χ0n) is 10.9. The summed E-state index contributed by atoms with van der Waals surface area (Å²) in [5.74, 6) is 1.87. The van der Waals surface area contributed by atoms with Crippen LogP contribution in [0.1, 0.15) is 5.56 Å². The summed E-state index contributed by atoms with van der Waals surface area (Å²) in [4.78, 5) is 11.1. The summed E-state index contributed by atoms with van der Waals surface area (Å²) in [5, 5.41) is 4.72. The number of nitrogens with zero attached hydrogens (tertiary/aromatic N) is 1. The lowest BCUT2D eigenvalue weighted by Crippen LogP contribution is -2.26. The van der Waals surface area contributed by atoms with E-state index >= 15 is 0 Å². The molecule has 1 aliphatic heterocycles. The van der Waals surface area contributed by atoms with E-state index < -0.39 is 0 Å². The van der Waals surface area contributed by atoms with Crippen LogP contribution in [0.15, 0.2) is 17.2 Å². The monoisotopic (exact) mass is 282 g/mol. The molecular weight excluding hydrogens is 268 g/mol. The number of carbonyl (C=O) groups excluding carboxylic acids is 1. The molecule has 0 fully saturated rings. The lowest BCUT2D eigenvalue weighted by molar-refractivity contribution is -0.118. The maximum Gasteiger partial charge on any atom is 0.250 e. The number of thioether (sulfide) groups is 1. The van der Waals surface area contributed by atoms with E-state index in [4.69, 9.17) is 14.2 Å². The normalized spacial score (nSPS) is 14.5. The van der Waals surface area contributed by atoms with Crippen LogP contribution in [0.2, 0.25) is 0 Å². The molecule has 1 aliphatic rings. The number of methoxy groups -OCH3 is 3. The molecule has 0 aliphatic carbocycles. The van der Waals surface area contributed by atoms with E-state index in [1.807, 2.05) is 0 Å². The standard InChI is InChI=1S/C12H14N2O4S/c1-16-8-4-7(5-9(17-2)11(8)18-3)12-14-13-10(15)6-19-12/h4-5H,6H2,1-3H3,(H,13,15). The van der Waals surface area contributed by atoms with Gasteiger partial charge in [0.05, 0.1) is 27.1 Å². The number of hydrogen-bond acceptors (Lipinski definition) is 6. The van der Waals surface area contributed by atoms with Crippen molar-refractivity contribution >= 4 is 22.7 Å². The second-order valence-electron chi connectivity index (χ2n) is 3.65. The van der Waals surface area contributed by atoms with Gasteiger partial charge < -0.3 is 14.2 Å². The van der Waals surface area contributed by atoms with Gasteiger partial charge in [0, 0.05) is 5.56 Å². The summed E-state index contributed by atoms with van der Waals surface area (Å²) in [5.41, 5.74) is 3.25. The van der Waals surface area contributed by atoms with Gasteiger partial charge in [0.15, 0.2) is 11.5 Å². The Morgan fingerprint density at radius 1 is 1.16 bits per heavy atom. The fourth-order valence-electron chi connectivity index (χ4n) is 1.66. The number of hydrogen-bond donors (Lipinski definition) is 1. The lowest BCUT2D eigenvalue weighted by atomic mass is 10.2. The molecule has 7 heteroatoms. The highest BCUT2D eigenvalue weighted by molar-refractivity contribution is 8.15. The Hall–Kier alpha value is -1.89. The average Bonchev–Trinajstić information content (AvgIpc) is 2.46. The Kier molecular flexibility index (Phi) is 4.16. The van der Waals surface area contributed by atoms with Crippen LogP contribution in [0.4, 0.5) is 0 Å². The lowest BCUT2D eigenvalue weighted by Gasteiger charge is -2.16. The van der Waals surface area contributed by atoms with E-state index in [-0.39, 0.29) is 5.91 Å². The van der Waals surface area contributed by atoms with E-state index in [9.17, 15) is 4.79 Å². The van der Waals surface area contributed by atoms with E-state index in [1.54, 1.807) is 33.5 Å². The van der Waals surface area contributed by atoms with Crippen LogP contribution in [0, 0.1) is 0 Å². The van der Waals surface area contributed by atoms with Crippen molar-refractivity contribution in [1.82, 2.24) is 5.43 Å². The number of hydrazone groups is 1. The van der Waals surface area contributed by atoms with Gasteiger partial charge in [-0.1, -0.05) is 11.8 Å². The molecule has 6 nitrogen and oxygen atoms in total. The summed E-state index contributed by atoms with van der Waals surface area (Å²) >= 11 is 1.36. The number of rotatable bonds is 4. The molecule has 1 heterocycles. The summed E-state index contributed by atoms with van der Waals surface area (Å²) in [6, 6.07) is 3.59. The van der Waals surface area contributed by atoms with Crippen LogP contribution < -0.4 is 19.6 Å². The molecule has 0 radical (unpaired) electrons. The van der Waals surface area contributed by atoms with Gasteiger partial charge in [-0.05, 0) is 12.1 Å². The van der Waals surface area contributed by atoms with Crippen LogP contribution >= 0.6 is 11.8 Å². The maximum absolute atomic E-state index is 11.1. The van der Waals surface area contributed by atoms with Crippen LogP contribution in [0.3, 0.4) is 0 Å². The summed E-state index contributed by atoms with van der Waals surface area (Å²) in [7, 11) is 4.66. The minimum atomic E-state index is -0.110. The van der Waals surface area contributed by atoms with E-state index in [1.165, 1.54) is 11.8 Å². The van der Waals surface area contributed by atoms with Crippen molar-refractivity contribution in [2.45, 2.75) is 0 Å². The van der Waals surface area contributed by atoms with Crippen molar-refractivity contribution in [1.29, 1.82) is 0 Å². The average molecular weight is 282 g/mol. The number of ether oxygens (including phenoxy) is 3. The number of nitrogens with one attached hydrogen (secondary N) is 1. The summed E-state index contributed by atoms with van der Waals surface area (Å²) in [6.45, 7) is 0. The minimum Gasteiger partial charge on any atom is -0.493 e. The molecule has 102 valence electrons. The van der Waals surface area contributed by atoms with Gasteiger partial charge in [-0.2, -0.15) is 5.10 Å². The molecule has 1 aromatic carbocycles. The Labute approximate surface area is 115 Å². The summed E-state index contributed by atoms with van der Waals surface area (Å²) in [6.07, 6.45) is 0. The molecule has 0 bridgehead atoms. The molecule has 19 heavy (non-hydrogen) atoms. The van der Waals surface area contributed by atoms with Crippen LogP contribution in [-0.4, -0.2) is 38.0 Å². The van der Waals surface area contributed by atoms with Crippen molar-refractivity contribution in [3.8, 4) is 17.2 Å².